The molecule has 5 rings (SSSR count). The van der Waals surface area contributed by atoms with Gasteiger partial charge in [0.15, 0.2) is 6.35 Å². The maximum Gasteiger partial charge on any atom is 0.407 e. The van der Waals surface area contributed by atoms with Crippen molar-refractivity contribution in [3.05, 3.63) is 87.9 Å². The van der Waals surface area contributed by atoms with Crippen LogP contribution in [0.4, 0.5) is 4.79 Å². The zero-order chi connectivity index (χ0) is 35.5. The molecule has 0 saturated carbocycles. The lowest BCUT2D eigenvalue weighted by Gasteiger charge is -2.34. The minimum absolute atomic E-state index is 0.135. The van der Waals surface area contributed by atoms with Crippen molar-refractivity contribution in [3.8, 4) is 0 Å². The lowest BCUT2D eigenvalue weighted by atomic mass is 9.95. The molecule has 3 aromatic rings. The summed E-state index contributed by atoms with van der Waals surface area (Å²) in [5.41, 5.74) is 4.82. The van der Waals surface area contributed by atoms with Gasteiger partial charge in [-0.2, -0.15) is 0 Å². The first kappa shape index (κ1) is 37.9. The second-order valence-electron chi connectivity index (χ2n) is 13.5. The molecule has 0 bridgehead atoms. The number of aromatic nitrogens is 1. The van der Waals surface area contributed by atoms with Crippen molar-refractivity contribution >= 4 is 40.6 Å². The highest BCUT2D eigenvalue weighted by Crippen LogP contribution is 2.25. The van der Waals surface area contributed by atoms with Gasteiger partial charge in [0.1, 0.15) is 6.61 Å². The summed E-state index contributed by atoms with van der Waals surface area (Å²) in [6.45, 7) is 5.71. The van der Waals surface area contributed by atoms with E-state index in [-0.39, 0.29) is 42.8 Å². The monoisotopic (exact) mass is 722 g/mol. The second-order valence-corrected chi connectivity index (χ2v) is 15.6. The number of rotatable bonds is 17. The highest BCUT2D eigenvalue weighted by atomic mass is 32.2. The minimum Gasteiger partial charge on any atom is -0.448 e. The van der Waals surface area contributed by atoms with E-state index in [0.29, 0.717) is 44.7 Å². The molecule has 50 heavy (non-hydrogen) atoms. The molecule has 1 aromatic heterocycles. The van der Waals surface area contributed by atoms with Gasteiger partial charge in [-0.15, -0.1) is 23.1 Å². The minimum atomic E-state index is -1.08. The number of alkyl carbamates (subject to hydrolysis) is 1. The number of amides is 2. The molecule has 4 N–H and O–H groups in total. The zero-order valence-corrected chi connectivity index (χ0v) is 30.7. The van der Waals surface area contributed by atoms with Crippen LogP contribution < -0.4 is 10.6 Å². The van der Waals surface area contributed by atoms with Crippen molar-refractivity contribution in [2.75, 3.05) is 26.7 Å². The number of aliphatic hydroxyl groups is 2. The van der Waals surface area contributed by atoms with Crippen molar-refractivity contribution in [2.45, 2.75) is 94.2 Å². The maximum absolute atomic E-state index is 14.0. The lowest BCUT2D eigenvalue weighted by molar-refractivity contribution is -0.142. The van der Waals surface area contributed by atoms with E-state index in [1.165, 1.54) is 0 Å². The smallest absolute Gasteiger partial charge is 0.407 e. The molecule has 2 aliphatic rings. The van der Waals surface area contributed by atoms with Gasteiger partial charge in [0.05, 0.1) is 40.2 Å². The highest BCUT2D eigenvalue weighted by molar-refractivity contribution is 8.12. The zero-order valence-electron chi connectivity index (χ0n) is 29.1. The summed E-state index contributed by atoms with van der Waals surface area (Å²) < 4.78 is 5.56. The Morgan fingerprint density at radius 1 is 1.02 bits per heavy atom. The molecular formula is C37H50N6O5S2. The van der Waals surface area contributed by atoms with Crippen molar-refractivity contribution in [2.24, 2.45) is 4.99 Å². The Balaban J connectivity index is 1.25. The van der Waals surface area contributed by atoms with Crippen LogP contribution in [0.1, 0.15) is 60.9 Å². The normalized spacial score (nSPS) is 21.0. The van der Waals surface area contributed by atoms with Crippen LogP contribution in [-0.2, 0) is 28.9 Å². The second kappa shape index (κ2) is 18.8. The molecule has 13 heteroatoms. The largest absolute Gasteiger partial charge is 0.448 e. The fourth-order valence-corrected chi connectivity index (χ4v) is 7.84. The lowest BCUT2D eigenvalue weighted by Crippen LogP contribution is -2.54. The van der Waals surface area contributed by atoms with Crippen LogP contribution >= 0.6 is 23.1 Å². The number of aliphatic hydroxyl groups excluding tert-OH is 2. The van der Waals surface area contributed by atoms with Crippen molar-refractivity contribution in [3.63, 3.8) is 0 Å². The first-order valence-electron chi connectivity index (χ1n) is 17.4. The van der Waals surface area contributed by atoms with E-state index < -0.39 is 24.6 Å². The van der Waals surface area contributed by atoms with Gasteiger partial charge in [0.2, 0.25) is 5.91 Å². The van der Waals surface area contributed by atoms with E-state index in [2.05, 4.69) is 29.5 Å². The van der Waals surface area contributed by atoms with Crippen LogP contribution in [0.3, 0.4) is 0 Å². The number of β-amino-alcohol motifs (C(OH)–C–C–N with tert-alkyl or cyclic N) is 1. The van der Waals surface area contributed by atoms with Gasteiger partial charge in [-0.25, -0.2) is 9.78 Å². The molecule has 2 unspecified atom stereocenters. The average molecular weight is 723 g/mol. The third-order valence-electron chi connectivity index (χ3n) is 9.00. The summed E-state index contributed by atoms with van der Waals surface area (Å²) >= 11 is 3.17. The topological polar surface area (TPSA) is 140 Å². The van der Waals surface area contributed by atoms with Crippen LogP contribution in [0.2, 0.25) is 0 Å². The predicted octanol–water partition coefficient (Wildman–Crippen LogP) is 4.40. The number of ether oxygens (including phenoxy) is 1. The molecule has 6 atom stereocenters. The van der Waals surface area contributed by atoms with Crippen LogP contribution in [-0.4, -0.2) is 105 Å². The Kier molecular flexibility index (Phi) is 14.2. The van der Waals surface area contributed by atoms with E-state index in [1.54, 1.807) is 45.5 Å². The molecule has 0 spiro atoms. The summed E-state index contributed by atoms with van der Waals surface area (Å²) in [7, 11) is 1.79. The maximum atomic E-state index is 14.0. The summed E-state index contributed by atoms with van der Waals surface area (Å²) in [5, 5.41) is 31.6. The van der Waals surface area contributed by atoms with Crippen LogP contribution in [0.15, 0.2) is 71.0 Å². The standard InChI is InChI=1S/C37H50N6O5S2/c1-25(2)35-40-30(23-49-35)20-42(3)37(47)43-21-31(44)18-33(43)34(45)39-28(16-26-10-6-4-7-11-26)14-15-29(17-27-12-8-5-9-13-27)41-36(46)48-22-32-19-38-24-50-32/h4-13,23-25,28-29,31-33,37,44,47H,14-22H2,1-3H3,(H,39,45)(H,41,46)/t28-,29-,31+,32?,33-,37?/m0/s1. The summed E-state index contributed by atoms with van der Waals surface area (Å²) in [4.78, 5) is 39.2. The van der Waals surface area contributed by atoms with E-state index in [4.69, 9.17) is 9.72 Å². The predicted molar refractivity (Wildman–Crippen MR) is 199 cm³/mol. The number of nitrogens with one attached hydrogen (secondary N) is 2. The molecule has 11 nitrogen and oxygen atoms in total. The van der Waals surface area contributed by atoms with Crippen molar-refractivity contribution in [1.29, 1.82) is 0 Å². The molecule has 0 aliphatic carbocycles. The third-order valence-corrected chi connectivity index (χ3v) is 11.1. The van der Waals surface area contributed by atoms with Gasteiger partial charge in [-0.05, 0) is 50.3 Å². The van der Waals surface area contributed by atoms with Gasteiger partial charge in [0.25, 0.3) is 0 Å². The number of carbonyl (C=O) groups is 2. The van der Waals surface area contributed by atoms with Crippen LogP contribution in [0.5, 0.6) is 0 Å². The Morgan fingerprint density at radius 3 is 2.24 bits per heavy atom. The summed E-state index contributed by atoms with van der Waals surface area (Å²) in [6, 6.07) is 18.8. The van der Waals surface area contributed by atoms with E-state index in [1.807, 2.05) is 66.0 Å². The summed E-state index contributed by atoms with van der Waals surface area (Å²) in [5.74, 6) is 0.0816. The molecule has 270 valence electrons. The van der Waals surface area contributed by atoms with Gasteiger partial charge >= 0.3 is 6.09 Å². The number of carbonyl (C=O) groups excluding carboxylic acids is 2. The Bertz CT molecular complexity index is 1520. The van der Waals surface area contributed by atoms with E-state index in [9.17, 15) is 19.8 Å². The number of hydrogen-bond donors (Lipinski definition) is 4. The van der Waals surface area contributed by atoms with Gasteiger partial charge in [-0.1, -0.05) is 74.5 Å². The Hall–Kier alpha value is -3.33. The molecular weight excluding hydrogens is 673 g/mol. The molecule has 3 heterocycles. The fraction of sp³-hybridized carbons (Fsp3) is 0.514. The van der Waals surface area contributed by atoms with Crippen LogP contribution in [0.25, 0.3) is 0 Å². The van der Waals surface area contributed by atoms with Crippen molar-refractivity contribution < 1.29 is 24.5 Å². The highest BCUT2D eigenvalue weighted by Gasteiger charge is 2.41. The molecule has 2 amide bonds. The third kappa shape index (κ3) is 11.3. The Morgan fingerprint density at radius 2 is 1.66 bits per heavy atom. The summed E-state index contributed by atoms with van der Waals surface area (Å²) in [6.07, 6.45) is 0.315. The number of likely N-dealkylation sites (tertiary alicyclic amines) is 1. The SMILES string of the molecule is CC(C)c1nc(CN(C)C(O)N2C[C@H](O)C[C@H]2C(=O)N[C@@H](CC[C@@H](Cc2ccccc2)NC(=O)OCC2CN=CS2)Cc2ccccc2)cs1. The number of hydrogen-bond acceptors (Lipinski definition) is 11. The molecule has 0 radical (unpaired) electrons. The molecule has 1 saturated heterocycles. The van der Waals surface area contributed by atoms with Gasteiger partial charge in [0, 0.05) is 36.5 Å². The van der Waals surface area contributed by atoms with E-state index in [0.717, 1.165) is 21.8 Å². The first-order chi connectivity index (χ1) is 24.1. The number of aliphatic imine (C=N–C) groups is 1. The fourth-order valence-electron chi connectivity index (χ4n) is 6.35. The van der Waals surface area contributed by atoms with Gasteiger partial charge in [-0.3, -0.25) is 19.6 Å². The van der Waals surface area contributed by atoms with Gasteiger partial charge < -0.3 is 25.6 Å². The average Bonchev–Trinajstić information content (AvgIpc) is 3.89. The number of thiazole rings is 1. The number of nitrogens with zero attached hydrogens (tertiary/aromatic N) is 4. The van der Waals surface area contributed by atoms with Crippen molar-refractivity contribution in [1.82, 2.24) is 25.4 Å². The Labute approximate surface area is 303 Å². The van der Waals surface area contributed by atoms with Crippen LogP contribution in [0, 0.1) is 0 Å². The number of benzene rings is 2. The van der Waals surface area contributed by atoms with E-state index >= 15 is 0 Å². The number of thioether (sulfide) groups is 1. The first-order valence-corrected chi connectivity index (χ1v) is 19.2. The molecule has 2 aliphatic heterocycles. The molecule has 2 aromatic carbocycles. The quantitative estimate of drug-likeness (QED) is 0.149. The molecule has 1 fully saturated rings.